The predicted octanol–water partition coefficient (Wildman–Crippen LogP) is 3.17. The third-order valence-corrected chi connectivity index (χ3v) is 2.80. The fourth-order valence-corrected chi connectivity index (χ4v) is 1.81. The number of esters is 1. The molecule has 0 heterocycles. The molecule has 0 aromatic carbocycles. The van der Waals surface area contributed by atoms with Crippen LogP contribution in [0.1, 0.15) is 78.1 Å². The summed E-state index contributed by atoms with van der Waals surface area (Å²) in [5, 5.41) is 0. The van der Waals surface area contributed by atoms with Crippen LogP contribution in [0, 0.1) is 0 Å². The molecule has 2 N–H and O–H groups in total. The third kappa shape index (κ3) is 42.8. The zero-order chi connectivity index (χ0) is 16.6. The molecule has 130 valence electrons. The van der Waals surface area contributed by atoms with Gasteiger partial charge in [-0.05, 0) is 6.42 Å². The maximum absolute atomic E-state index is 10.5. The average Bonchev–Trinajstić information content (AvgIpc) is 2.33. The van der Waals surface area contributed by atoms with Crippen LogP contribution in [-0.2, 0) is 19.9 Å². The Labute approximate surface area is 157 Å². The van der Waals surface area contributed by atoms with E-state index in [2.05, 4.69) is 6.92 Å². The van der Waals surface area contributed by atoms with Crippen LogP contribution in [0.4, 0.5) is 0 Å². The molecule has 0 aromatic rings. The number of hydrogen-bond donors (Lipinski definition) is 2. The van der Waals surface area contributed by atoms with Gasteiger partial charge in [0.25, 0.3) is 0 Å². The normalized spacial score (nSPS) is 10.2. The summed E-state index contributed by atoms with van der Waals surface area (Å²) in [5.41, 5.74) is 0. The Bertz CT molecular complexity index is 324. The van der Waals surface area contributed by atoms with Gasteiger partial charge in [-0.2, -0.15) is 8.42 Å². The van der Waals surface area contributed by atoms with E-state index < -0.39 is 10.4 Å². The van der Waals surface area contributed by atoms with Gasteiger partial charge < -0.3 is 4.74 Å². The molecule has 0 atom stereocenters. The van der Waals surface area contributed by atoms with Crippen molar-refractivity contribution in [1.82, 2.24) is 0 Å². The molecule has 0 radical (unpaired) electrons. The van der Waals surface area contributed by atoms with Crippen molar-refractivity contribution in [2.45, 2.75) is 78.1 Å². The Balaban J connectivity index is -0.000000520. The molecule has 0 rings (SSSR count). The zero-order valence-corrected chi connectivity index (χ0v) is 14.0. The van der Waals surface area contributed by atoms with Gasteiger partial charge in [0, 0.05) is 6.92 Å². The Morgan fingerprint density at radius 1 is 0.864 bits per heavy atom. The second-order valence-corrected chi connectivity index (χ2v) is 5.87. The molecule has 0 spiro atoms. The Morgan fingerprint density at radius 2 is 1.18 bits per heavy atom. The summed E-state index contributed by atoms with van der Waals surface area (Å²) in [4.78, 5) is 10.5. The van der Waals surface area contributed by atoms with Crippen LogP contribution in [-0.4, -0.2) is 59.7 Å². The zero-order valence-electron chi connectivity index (χ0n) is 13.2. The van der Waals surface area contributed by atoms with E-state index in [9.17, 15) is 4.79 Å². The first-order valence-corrected chi connectivity index (χ1v) is 9.00. The summed E-state index contributed by atoms with van der Waals surface area (Å²) < 4.78 is 36.5. The van der Waals surface area contributed by atoms with E-state index in [1.54, 1.807) is 0 Å². The molecule has 0 bridgehead atoms. The molecule has 0 aliphatic heterocycles. The SMILES string of the molecule is CCCCCCCCCCCCOC(C)=O.O=S(=O)(O)O.[NaH]. The summed E-state index contributed by atoms with van der Waals surface area (Å²) in [6.45, 7) is 4.32. The number of rotatable bonds is 11. The van der Waals surface area contributed by atoms with Crippen molar-refractivity contribution in [1.29, 1.82) is 0 Å². The predicted molar refractivity (Wildman–Crippen MR) is 89.8 cm³/mol. The monoisotopic (exact) mass is 350 g/mol. The van der Waals surface area contributed by atoms with Crippen molar-refractivity contribution in [3.63, 3.8) is 0 Å². The Hall–Kier alpha value is 0.340. The van der Waals surface area contributed by atoms with Crippen LogP contribution < -0.4 is 0 Å². The van der Waals surface area contributed by atoms with Gasteiger partial charge in [-0.3, -0.25) is 13.9 Å². The topological polar surface area (TPSA) is 101 Å². The van der Waals surface area contributed by atoms with Gasteiger partial charge in [-0.15, -0.1) is 0 Å². The molecule has 6 nitrogen and oxygen atoms in total. The first-order chi connectivity index (χ1) is 9.77. The summed E-state index contributed by atoms with van der Waals surface area (Å²) in [6.07, 6.45) is 13.1. The van der Waals surface area contributed by atoms with Gasteiger partial charge in [0.1, 0.15) is 0 Å². The summed E-state index contributed by atoms with van der Waals surface area (Å²) >= 11 is 0. The Kier molecular flexibility index (Phi) is 24.0. The number of carbonyl (C=O) groups is 1. The minimum atomic E-state index is -4.67. The molecule has 0 saturated heterocycles. The molecule has 0 saturated carbocycles. The van der Waals surface area contributed by atoms with Gasteiger partial charge in [-0.25, -0.2) is 0 Å². The van der Waals surface area contributed by atoms with Gasteiger partial charge in [0.2, 0.25) is 0 Å². The van der Waals surface area contributed by atoms with Crippen LogP contribution in [0.2, 0.25) is 0 Å². The van der Waals surface area contributed by atoms with Crippen LogP contribution in [0.5, 0.6) is 0 Å². The third-order valence-electron chi connectivity index (χ3n) is 2.80. The molecule has 0 fully saturated rings. The first kappa shape index (κ1) is 27.2. The van der Waals surface area contributed by atoms with Crippen molar-refractivity contribution in [2.24, 2.45) is 0 Å². The quantitative estimate of drug-likeness (QED) is 0.257. The van der Waals surface area contributed by atoms with E-state index in [-0.39, 0.29) is 35.5 Å². The molecular weight excluding hydrogens is 319 g/mol. The van der Waals surface area contributed by atoms with Gasteiger partial charge >= 0.3 is 45.9 Å². The fourth-order valence-electron chi connectivity index (χ4n) is 1.81. The van der Waals surface area contributed by atoms with Gasteiger partial charge in [0.15, 0.2) is 0 Å². The van der Waals surface area contributed by atoms with Gasteiger partial charge in [-0.1, -0.05) is 64.7 Å². The summed E-state index contributed by atoms with van der Waals surface area (Å²) in [5.74, 6) is -0.157. The number of unbranched alkanes of at least 4 members (excludes halogenated alkanes) is 9. The average molecular weight is 350 g/mol. The molecule has 22 heavy (non-hydrogen) atoms. The van der Waals surface area contributed by atoms with Crippen LogP contribution in [0.3, 0.4) is 0 Å². The van der Waals surface area contributed by atoms with Crippen LogP contribution in [0.25, 0.3) is 0 Å². The summed E-state index contributed by atoms with van der Waals surface area (Å²) in [6, 6.07) is 0. The Morgan fingerprint density at radius 3 is 1.50 bits per heavy atom. The second kappa shape index (κ2) is 19.4. The molecule has 0 amide bonds. The van der Waals surface area contributed by atoms with Crippen molar-refractivity contribution < 1.29 is 27.1 Å². The molecule has 0 aliphatic carbocycles. The summed E-state index contributed by atoms with van der Waals surface area (Å²) in [7, 11) is -4.67. The van der Waals surface area contributed by atoms with E-state index >= 15 is 0 Å². The van der Waals surface area contributed by atoms with Gasteiger partial charge in [0.05, 0.1) is 6.61 Å². The number of ether oxygens (including phenoxy) is 1. The minimum absolute atomic E-state index is 0. The van der Waals surface area contributed by atoms with E-state index in [4.69, 9.17) is 22.3 Å². The fraction of sp³-hybridized carbons (Fsp3) is 0.929. The number of carbonyl (C=O) groups excluding carboxylic acids is 1. The van der Waals surface area contributed by atoms with E-state index in [1.165, 1.54) is 64.7 Å². The maximum atomic E-state index is 10.5. The molecule has 0 aromatic heterocycles. The standard InChI is InChI=1S/C14H28O2.Na.H2O4S.H/c1-3-4-5-6-7-8-9-10-11-12-13-16-14(2)15;;1-5(2,3)4;/h3-13H2,1-2H3;;(H2,1,2,3,4);. The van der Waals surface area contributed by atoms with Crippen molar-refractivity contribution in [3.8, 4) is 0 Å². The van der Waals surface area contributed by atoms with E-state index in [1.807, 2.05) is 0 Å². The van der Waals surface area contributed by atoms with Crippen molar-refractivity contribution in [2.75, 3.05) is 6.61 Å². The van der Waals surface area contributed by atoms with Crippen molar-refractivity contribution in [3.05, 3.63) is 0 Å². The van der Waals surface area contributed by atoms with Crippen LogP contribution >= 0.6 is 0 Å². The first-order valence-electron chi connectivity index (χ1n) is 7.60. The second-order valence-electron chi connectivity index (χ2n) is 4.97. The molecule has 8 heteroatoms. The molecular formula is C14H31NaO6S. The van der Waals surface area contributed by atoms with Crippen molar-refractivity contribution >= 4 is 45.9 Å². The van der Waals surface area contributed by atoms with Crippen LogP contribution in [0.15, 0.2) is 0 Å². The van der Waals surface area contributed by atoms with E-state index in [0.29, 0.717) is 6.61 Å². The molecule has 0 aliphatic rings. The van der Waals surface area contributed by atoms with E-state index in [0.717, 1.165) is 6.42 Å². The molecule has 0 unspecified atom stereocenters. The number of hydrogen-bond acceptors (Lipinski definition) is 4.